The summed E-state index contributed by atoms with van der Waals surface area (Å²) in [6.07, 6.45) is 7.07. The van der Waals surface area contributed by atoms with Crippen LogP contribution >= 0.6 is 0 Å². The van der Waals surface area contributed by atoms with Crippen molar-refractivity contribution in [1.82, 2.24) is 14.4 Å². The molecular weight excluding hydrogens is 238 g/mol. The van der Waals surface area contributed by atoms with E-state index in [0.717, 1.165) is 30.4 Å². The lowest BCUT2D eigenvalue weighted by atomic mass is 9.92. The Kier molecular flexibility index (Phi) is 3.05. The summed E-state index contributed by atoms with van der Waals surface area (Å²) in [7, 11) is 1.90. The highest BCUT2D eigenvalue weighted by Crippen LogP contribution is 2.28. The third-order valence-electron chi connectivity index (χ3n) is 3.78. The van der Waals surface area contributed by atoms with Crippen LogP contribution in [0.2, 0.25) is 0 Å². The van der Waals surface area contributed by atoms with E-state index in [2.05, 4.69) is 29.0 Å². The van der Waals surface area contributed by atoms with Gasteiger partial charge in [0.15, 0.2) is 11.5 Å². The normalized spacial score (nSPS) is 23.8. The predicted molar refractivity (Wildman–Crippen MR) is 77.7 cm³/mol. The van der Waals surface area contributed by atoms with Gasteiger partial charge in [-0.3, -0.25) is 0 Å². The van der Waals surface area contributed by atoms with Gasteiger partial charge < -0.3 is 14.6 Å². The van der Waals surface area contributed by atoms with Gasteiger partial charge >= 0.3 is 0 Å². The largest absolute Gasteiger partial charge is 0.372 e. The fraction of sp³-hybridized carbons (Fsp3) is 0.571. The Morgan fingerprint density at radius 2 is 2.00 bits per heavy atom. The summed E-state index contributed by atoms with van der Waals surface area (Å²) in [6, 6.07) is 0. The number of hydrogen-bond acceptors (Lipinski definition) is 4. The molecule has 0 radical (unpaired) electrons. The Morgan fingerprint density at radius 1 is 1.26 bits per heavy atom. The average Bonchev–Trinajstić information content (AvgIpc) is 2.84. The van der Waals surface area contributed by atoms with E-state index < -0.39 is 0 Å². The van der Waals surface area contributed by atoms with Crippen LogP contribution in [0.4, 0.5) is 11.6 Å². The van der Waals surface area contributed by atoms with Crippen molar-refractivity contribution in [1.29, 1.82) is 0 Å². The number of piperidine rings is 1. The third kappa shape index (κ3) is 2.25. The highest BCUT2D eigenvalue weighted by molar-refractivity contribution is 5.67. The Bertz CT molecular complexity index is 566. The summed E-state index contributed by atoms with van der Waals surface area (Å²) in [5.41, 5.74) is 0.945. The Balaban J connectivity index is 2.05. The molecule has 1 saturated heterocycles. The molecule has 0 saturated carbocycles. The van der Waals surface area contributed by atoms with E-state index in [-0.39, 0.29) is 0 Å². The average molecular weight is 259 g/mol. The van der Waals surface area contributed by atoms with Gasteiger partial charge in [0.1, 0.15) is 5.82 Å². The number of hydrogen-bond donors (Lipinski definition) is 1. The van der Waals surface area contributed by atoms with E-state index in [9.17, 15) is 0 Å². The number of fused-ring (bicyclic) bond motifs is 1. The van der Waals surface area contributed by atoms with Gasteiger partial charge in [-0.2, -0.15) is 0 Å². The molecule has 2 unspecified atom stereocenters. The summed E-state index contributed by atoms with van der Waals surface area (Å²) in [4.78, 5) is 11.5. The van der Waals surface area contributed by atoms with Crippen molar-refractivity contribution in [2.45, 2.75) is 20.3 Å². The maximum Gasteiger partial charge on any atom is 0.180 e. The van der Waals surface area contributed by atoms with Gasteiger partial charge in [-0.05, 0) is 18.3 Å². The molecule has 0 aliphatic carbocycles. The van der Waals surface area contributed by atoms with E-state index in [4.69, 9.17) is 4.98 Å². The first kappa shape index (κ1) is 12.3. The zero-order valence-corrected chi connectivity index (χ0v) is 11.8. The first-order valence-corrected chi connectivity index (χ1v) is 6.93. The molecule has 2 aromatic heterocycles. The molecule has 1 aliphatic heterocycles. The molecular formula is C14H21N5. The number of rotatable bonds is 2. The van der Waals surface area contributed by atoms with Crippen molar-refractivity contribution in [3.8, 4) is 0 Å². The molecule has 2 aromatic rings. The first-order valence-electron chi connectivity index (χ1n) is 6.93. The fourth-order valence-corrected chi connectivity index (χ4v) is 3.08. The standard InChI is InChI=1S/C14H21N5/c1-10-6-11(2)8-19(7-10)14-13-16-4-5-18(13)9-12(15-3)17-14/h4-5,9-11,15H,6-8H2,1-3H3. The van der Waals surface area contributed by atoms with Crippen LogP contribution in [0.1, 0.15) is 20.3 Å². The lowest BCUT2D eigenvalue weighted by Crippen LogP contribution is -2.39. The number of aromatic nitrogens is 3. The van der Waals surface area contributed by atoms with Gasteiger partial charge in [0.25, 0.3) is 0 Å². The molecule has 0 bridgehead atoms. The summed E-state index contributed by atoms with van der Waals surface area (Å²) in [5.74, 6) is 3.29. The number of nitrogens with zero attached hydrogens (tertiary/aromatic N) is 4. The molecule has 0 amide bonds. The zero-order chi connectivity index (χ0) is 13.4. The second kappa shape index (κ2) is 4.72. The van der Waals surface area contributed by atoms with Crippen LogP contribution in [0.3, 0.4) is 0 Å². The van der Waals surface area contributed by atoms with Gasteiger partial charge in [0, 0.05) is 32.5 Å². The Morgan fingerprint density at radius 3 is 2.68 bits per heavy atom. The maximum absolute atomic E-state index is 4.72. The summed E-state index contributed by atoms with van der Waals surface area (Å²) < 4.78 is 2.04. The van der Waals surface area contributed by atoms with E-state index in [0.29, 0.717) is 11.8 Å². The molecule has 1 fully saturated rings. The Labute approximate surface area is 113 Å². The van der Waals surface area contributed by atoms with Crippen molar-refractivity contribution in [2.75, 3.05) is 30.4 Å². The molecule has 0 spiro atoms. The lowest BCUT2D eigenvalue weighted by Gasteiger charge is -2.35. The molecule has 2 atom stereocenters. The monoisotopic (exact) mass is 259 g/mol. The van der Waals surface area contributed by atoms with E-state index >= 15 is 0 Å². The van der Waals surface area contributed by atoms with Crippen LogP contribution in [0.15, 0.2) is 18.6 Å². The van der Waals surface area contributed by atoms with Gasteiger partial charge in [-0.25, -0.2) is 9.97 Å². The van der Waals surface area contributed by atoms with Crippen LogP contribution < -0.4 is 10.2 Å². The smallest absolute Gasteiger partial charge is 0.180 e. The predicted octanol–water partition coefficient (Wildman–Crippen LogP) is 2.25. The minimum Gasteiger partial charge on any atom is -0.372 e. The highest BCUT2D eigenvalue weighted by atomic mass is 15.2. The quantitative estimate of drug-likeness (QED) is 0.898. The second-order valence-corrected chi connectivity index (χ2v) is 5.71. The van der Waals surface area contributed by atoms with E-state index in [1.807, 2.05) is 30.0 Å². The highest BCUT2D eigenvalue weighted by Gasteiger charge is 2.25. The molecule has 19 heavy (non-hydrogen) atoms. The van der Waals surface area contributed by atoms with Gasteiger partial charge in [0.05, 0.1) is 6.20 Å². The van der Waals surface area contributed by atoms with Crippen molar-refractivity contribution in [3.63, 3.8) is 0 Å². The maximum atomic E-state index is 4.72. The molecule has 5 nitrogen and oxygen atoms in total. The SMILES string of the molecule is CNc1cn2ccnc2c(N2CC(C)CC(C)C2)n1. The van der Waals surface area contributed by atoms with Crippen molar-refractivity contribution >= 4 is 17.3 Å². The first-order chi connectivity index (χ1) is 9.17. The number of nitrogens with one attached hydrogen (secondary N) is 1. The van der Waals surface area contributed by atoms with Crippen LogP contribution in [0.25, 0.3) is 5.65 Å². The second-order valence-electron chi connectivity index (χ2n) is 5.71. The molecule has 5 heteroatoms. The van der Waals surface area contributed by atoms with E-state index in [1.165, 1.54) is 6.42 Å². The zero-order valence-electron chi connectivity index (χ0n) is 11.8. The molecule has 3 rings (SSSR count). The van der Waals surface area contributed by atoms with Crippen LogP contribution in [0, 0.1) is 11.8 Å². The summed E-state index contributed by atoms with van der Waals surface area (Å²) in [6.45, 7) is 6.75. The third-order valence-corrected chi connectivity index (χ3v) is 3.78. The minimum absolute atomic E-state index is 0.707. The van der Waals surface area contributed by atoms with Gasteiger partial charge in [-0.15, -0.1) is 0 Å². The summed E-state index contributed by atoms with van der Waals surface area (Å²) >= 11 is 0. The summed E-state index contributed by atoms with van der Waals surface area (Å²) in [5, 5.41) is 3.12. The number of imidazole rings is 1. The van der Waals surface area contributed by atoms with E-state index in [1.54, 1.807) is 0 Å². The Hall–Kier alpha value is -1.78. The fourth-order valence-electron chi connectivity index (χ4n) is 3.08. The molecule has 3 heterocycles. The topological polar surface area (TPSA) is 45.5 Å². The minimum atomic E-state index is 0.707. The van der Waals surface area contributed by atoms with Crippen LogP contribution in [-0.2, 0) is 0 Å². The molecule has 1 aliphatic rings. The lowest BCUT2D eigenvalue weighted by molar-refractivity contribution is 0.355. The molecule has 0 aromatic carbocycles. The van der Waals surface area contributed by atoms with Crippen molar-refractivity contribution in [3.05, 3.63) is 18.6 Å². The number of anilines is 2. The van der Waals surface area contributed by atoms with Crippen LogP contribution in [-0.4, -0.2) is 34.5 Å². The van der Waals surface area contributed by atoms with Crippen molar-refractivity contribution < 1.29 is 0 Å². The van der Waals surface area contributed by atoms with Gasteiger partial charge in [-0.1, -0.05) is 13.8 Å². The van der Waals surface area contributed by atoms with Gasteiger partial charge in [0.2, 0.25) is 0 Å². The molecule has 102 valence electrons. The van der Waals surface area contributed by atoms with Crippen molar-refractivity contribution in [2.24, 2.45) is 11.8 Å². The van der Waals surface area contributed by atoms with Crippen LogP contribution in [0.5, 0.6) is 0 Å². The molecule has 1 N–H and O–H groups in total.